The van der Waals surface area contributed by atoms with Crippen LogP contribution in [0.5, 0.6) is 0 Å². The molecule has 0 bridgehead atoms. The molecule has 1 fully saturated rings. The van der Waals surface area contributed by atoms with Crippen molar-refractivity contribution in [2.75, 3.05) is 33.4 Å². The Bertz CT molecular complexity index is 203. The molecule has 0 saturated heterocycles. The second kappa shape index (κ2) is 7.63. The number of carbonyl (C=O) groups is 1. The van der Waals surface area contributed by atoms with Gasteiger partial charge in [-0.15, -0.1) is 0 Å². The summed E-state index contributed by atoms with van der Waals surface area (Å²) in [6.07, 6.45) is 6.01. The van der Waals surface area contributed by atoms with Gasteiger partial charge in [0.15, 0.2) is 0 Å². The molecule has 16 heavy (non-hydrogen) atoms. The first-order chi connectivity index (χ1) is 7.74. The van der Waals surface area contributed by atoms with Gasteiger partial charge in [0.05, 0.1) is 6.61 Å². The molecule has 0 unspecified atom stereocenters. The van der Waals surface area contributed by atoms with Crippen LogP contribution in [0.1, 0.15) is 32.1 Å². The van der Waals surface area contributed by atoms with Crippen molar-refractivity contribution in [3.05, 3.63) is 0 Å². The lowest BCUT2D eigenvalue weighted by atomic mass is 10.1. The molecule has 0 aromatic rings. The molecule has 94 valence electrons. The van der Waals surface area contributed by atoms with Crippen molar-refractivity contribution in [2.24, 2.45) is 11.7 Å². The van der Waals surface area contributed by atoms with Gasteiger partial charge in [-0.2, -0.15) is 0 Å². The first kappa shape index (κ1) is 13.5. The first-order valence-corrected chi connectivity index (χ1v) is 6.26. The third-order valence-corrected chi connectivity index (χ3v) is 3.18. The Labute approximate surface area is 98.1 Å². The quantitative estimate of drug-likeness (QED) is 0.707. The van der Waals surface area contributed by atoms with E-state index >= 15 is 0 Å². The molecule has 0 radical (unpaired) electrons. The summed E-state index contributed by atoms with van der Waals surface area (Å²) in [6.45, 7) is 2.32. The topological polar surface area (TPSA) is 55.6 Å². The molecule has 0 spiro atoms. The van der Waals surface area contributed by atoms with Gasteiger partial charge in [-0.3, -0.25) is 4.79 Å². The standard InChI is InChI=1S/C12H24N2O2/c1-14(8-4-7-13)12(15)10-16-9-11-5-2-3-6-11/h11H,2-10,13H2,1H3. The Morgan fingerprint density at radius 3 is 2.75 bits per heavy atom. The van der Waals surface area contributed by atoms with E-state index in [4.69, 9.17) is 10.5 Å². The summed E-state index contributed by atoms with van der Waals surface area (Å²) in [7, 11) is 1.80. The van der Waals surface area contributed by atoms with Gasteiger partial charge in [0.25, 0.3) is 0 Å². The molecule has 0 heterocycles. The smallest absolute Gasteiger partial charge is 0.248 e. The normalized spacial score (nSPS) is 16.6. The number of amides is 1. The number of likely N-dealkylation sites (N-methyl/N-ethyl adjacent to an activating group) is 1. The molecule has 2 N–H and O–H groups in total. The van der Waals surface area contributed by atoms with E-state index in [-0.39, 0.29) is 12.5 Å². The maximum atomic E-state index is 11.6. The summed E-state index contributed by atoms with van der Waals surface area (Å²) in [5.74, 6) is 0.744. The van der Waals surface area contributed by atoms with Crippen molar-refractivity contribution in [1.29, 1.82) is 0 Å². The minimum Gasteiger partial charge on any atom is -0.371 e. The number of hydrogen-bond acceptors (Lipinski definition) is 3. The minimum absolute atomic E-state index is 0.0615. The van der Waals surface area contributed by atoms with E-state index in [9.17, 15) is 4.79 Å². The Morgan fingerprint density at radius 2 is 2.12 bits per heavy atom. The van der Waals surface area contributed by atoms with E-state index in [2.05, 4.69) is 0 Å². The molecule has 1 saturated carbocycles. The Morgan fingerprint density at radius 1 is 1.44 bits per heavy atom. The number of ether oxygens (including phenoxy) is 1. The monoisotopic (exact) mass is 228 g/mol. The van der Waals surface area contributed by atoms with Gasteiger partial charge in [-0.25, -0.2) is 0 Å². The van der Waals surface area contributed by atoms with E-state index in [0.717, 1.165) is 19.6 Å². The lowest BCUT2D eigenvalue weighted by molar-refractivity contribution is -0.135. The van der Waals surface area contributed by atoms with Crippen molar-refractivity contribution in [2.45, 2.75) is 32.1 Å². The number of rotatable bonds is 7. The van der Waals surface area contributed by atoms with E-state index < -0.39 is 0 Å². The zero-order valence-electron chi connectivity index (χ0n) is 10.3. The summed E-state index contributed by atoms with van der Waals surface area (Å²) in [5.41, 5.74) is 5.39. The molecule has 0 atom stereocenters. The predicted molar refractivity (Wildman–Crippen MR) is 64.1 cm³/mol. The fraction of sp³-hybridized carbons (Fsp3) is 0.917. The van der Waals surface area contributed by atoms with Crippen LogP contribution in [-0.2, 0) is 9.53 Å². The van der Waals surface area contributed by atoms with Crippen LogP contribution < -0.4 is 5.73 Å². The van der Waals surface area contributed by atoms with Crippen molar-refractivity contribution in [1.82, 2.24) is 4.90 Å². The van der Waals surface area contributed by atoms with Crippen molar-refractivity contribution < 1.29 is 9.53 Å². The molecule has 0 aromatic carbocycles. The highest BCUT2D eigenvalue weighted by molar-refractivity contribution is 5.77. The van der Waals surface area contributed by atoms with E-state index in [0.29, 0.717) is 12.5 Å². The minimum atomic E-state index is 0.0615. The van der Waals surface area contributed by atoms with Crippen LogP contribution in [0.25, 0.3) is 0 Å². The van der Waals surface area contributed by atoms with Crippen LogP contribution in [0.2, 0.25) is 0 Å². The van der Waals surface area contributed by atoms with Gasteiger partial charge in [0, 0.05) is 13.6 Å². The number of carbonyl (C=O) groups excluding carboxylic acids is 1. The SMILES string of the molecule is CN(CCCN)C(=O)COCC1CCCC1. The van der Waals surface area contributed by atoms with Gasteiger partial charge in [0.1, 0.15) is 6.61 Å². The Kier molecular flexibility index (Phi) is 6.42. The number of nitrogens with two attached hydrogens (primary N) is 1. The van der Waals surface area contributed by atoms with Gasteiger partial charge in [0.2, 0.25) is 5.91 Å². The third kappa shape index (κ3) is 4.94. The molecule has 1 amide bonds. The summed E-state index contributed by atoms with van der Waals surface area (Å²) >= 11 is 0. The van der Waals surface area contributed by atoms with Crippen molar-refractivity contribution >= 4 is 5.91 Å². The summed E-state index contributed by atoms with van der Waals surface area (Å²) in [5, 5.41) is 0. The van der Waals surface area contributed by atoms with E-state index in [1.54, 1.807) is 11.9 Å². The van der Waals surface area contributed by atoms with Crippen LogP contribution in [0.4, 0.5) is 0 Å². The fourth-order valence-corrected chi connectivity index (χ4v) is 2.05. The molecular weight excluding hydrogens is 204 g/mol. The van der Waals surface area contributed by atoms with Gasteiger partial charge < -0.3 is 15.4 Å². The highest BCUT2D eigenvalue weighted by Crippen LogP contribution is 2.24. The molecule has 1 aliphatic carbocycles. The Balaban J connectivity index is 2.04. The van der Waals surface area contributed by atoms with Crippen LogP contribution in [0, 0.1) is 5.92 Å². The molecule has 1 aliphatic rings. The van der Waals surface area contributed by atoms with Crippen LogP contribution in [0.3, 0.4) is 0 Å². The molecule has 1 rings (SSSR count). The van der Waals surface area contributed by atoms with Gasteiger partial charge in [-0.1, -0.05) is 12.8 Å². The molecule has 0 aliphatic heterocycles. The largest absolute Gasteiger partial charge is 0.371 e. The highest BCUT2D eigenvalue weighted by Gasteiger charge is 2.16. The van der Waals surface area contributed by atoms with Crippen LogP contribution in [-0.4, -0.2) is 44.2 Å². The van der Waals surface area contributed by atoms with E-state index in [1.807, 2.05) is 0 Å². The van der Waals surface area contributed by atoms with Gasteiger partial charge in [-0.05, 0) is 31.7 Å². The zero-order chi connectivity index (χ0) is 11.8. The highest BCUT2D eigenvalue weighted by atomic mass is 16.5. The third-order valence-electron chi connectivity index (χ3n) is 3.18. The van der Waals surface area contributed by atoms with Crippen molar-refractivity contribution in [3.8, 4) is 0 Å². The molecule has 4 heteroatoms. The molecule has 4 nitrogen and oxygen atoms in total. The second-order valence-corrected chi connectivity index (χ2v) is 4.62. The summed E-state index contributed by atoms with van der Waals surface area (Å²) in [6, 6.07) is 0. The average Bonchev–Trinajstić information content (AvgIpc) is 2.78. The molecular formula is C12H24N2O2. The second-order valence-electron chi connectivity index (χ2n) is 4.62. The summed E-state index contributed by atoms with van der Waals surface area (Å²) < 4.78 is 5.46. The average molecular weight is 228 g/mol. The molecule has 0 aromatic heterocycles. The van der Waals surface area contributed by atoms with Crippen molar-refractivity contribution in [3.63, 3.8) is 0 Å². The van der Waals surface area contributed by atoms with E-state index in [1.165, 1.54) is 25.7 Å². The summed E-state index contributed by atoms with van der Waals surface area (Å²) in [4.78, 5) is 13.3. The predicted octanol–water partition coefficient (Wildman–Crippen LogP) is 1.00. The number of nitrogens with zero attached hydrogens (tertiary/aromatic N) is 1. The Hall–Kier alpha value is -0.610. The number of hydrogen-bond donors (Lipinski definition) is 1. The van der Waals surface area contributed by atoms with Crippen LogP contribution in [0.15, 0.2) is 0 Å². The first-order valence-electron chi connectivity index (χ1n) is 6.26. The maximum absolute atomic E-state index is 11.6. The van der Waals surface area contributed by atoms with Crippen LogP contribution >= 0.6 is 0 Å². The maximum Gasteiger partial charge on any atom is 0.248 e. The fourth-order valence-electron chi connectivity index (χ4n) is 2.05. The zero-order valence-corrected chi connectivity index (χ0v) is 10.3. The lowest BCUT2D eigenvalue weighted by Gasteiger charge is -2.17. The van der Waals surface area contributed by atoms with Gasteiger partial charge >= 0.3 is 0 Å². The lowest BCUT2D eigenvalue weighted by Crippen LogP contribution is -2.32.